The van der Waals surface area contributed by atoms with E-state index < -0.39 is 9.28 Å². The predicted molar refractivity (Wildman–Crippen MR) is 57.9 cm³/mol. The van der Waals surface area contributed by atoms with Gasteiger partial charge in [0, 0.05) is 12.7 Å². The van der Waals surface area contributed by atoms with Crippen molar-refractivity contribution in [1.82, 2.24) is 0 Å². The molecule has 2 fully saturated rings. The molecule has 0 saturated heterocycles. The normalized spacial score (nSPS) is 23.9. The summed E-state index contributed by atoms with van der Waals surface area (Å²) in [6.07, 6.45) is 12.2. The maximum absolute atomic E-state index is 5.70. The van der Waals surface area contributed by atoms with E-state index in [1.165, 1.54) is 38.5 Å². The van der Waals surface area contributed by atoms with Crippen LogP contribution in [0.5, 0.6) is 0 Å². The van der Waals surface area contributed by atoms with Crippen molar-refractivity contribution in [2.75, 3.05) is 7.11 Å². The van der Waals surface area contributed by atoms with Gasteiger partial charge in [-0.05, 0) is 37.7 Å². The highest BCUT2D eigenvalue weighted by Crippen LogP contribution is 2.35. The van der Waals surface area contributed by atoms with Crippen LogP contribution in [0.2, 0.25) is 5.54 Å². The average Bonchev–Trinajstić information content (AvgIpc) is 2.03. The predicted octanol–water partition coefficient (Wildman–Crippen LogP) is 3.01. The summed E-state index contributed by atoms with van der Waals surface area (Å²) in [5.41, 5.74) is 0.732. The second kappa shape index (κ2) is 4.98. The molecule has 1 radical (unpaired) electrons. The highest BCUT2D eigenvalue weighted by Gasteiger charge is 2.33. The van der Waals surface area contributed by atoms with E-state index in [0.717, 1.165) is 11.5 Å². The molecule has 0 atom stereocenters. The highest BCUT2D eigenvalue weighted by molar-refractivity contribution is 6.46. The fraction of sp³-hybridized carbons (Fsp3) is 0.818. The molecule has 0 heterocycles. The first kappa shape index (κ1) is 10.2. The third-order valence-electron chi connectivity index (χ3n) is 3.32. The van der Waals surface area contributed by atoms with Crippen LogP contribution in [-0.4, -0.2) is 16.4 Å². The second-order valence-corrected chi connectivity index (χ2v) is 6.39. The molecule has 0 aliphatic heterocycles. The van der Waals surface area contributed by atoms with Crippen LogP contribution in [0.1, 0.15) is 38.5 Å². The standard InChI is InChI=1S/C11H19O2Si/c1-12-14(11-6-3-7-11)13-9-8-10-4-2-5-10/h8-11H,2-7H2,1H3. The minimum atomic E-state index is -0.992. The molecule has 2 rings (SSSR count). The van der Waals surface area contributed by atoms with Crippen molar-refractivity contribution in [3.63, 3.8) is 0 Å². The van der Waals surface area contributed by atoms with Gasteiger partial charge in [-0.1, -0.05) is 12.8 Å². The summed E-state index contributed by atoms with van der Waals surface area (Å²) in [5.74, 6) is 0.788. The first-order valence-electron chi connectivity index (χ1n) is 5.64. The molecule has 0 N–H and O–H groups in total. The second-order valence-electron chi connectivity index (χ2n) is 4.29. The lowest BCUT2D eigenvalue weighted by Crippen LogP contribution is -2.30. The number of hydrogen-bond donors (Lipinski definition) is 0. The summed E-state index contributed by atoms with van der Waals surface area (Å²) in [6, 6.07) is 0. The topological polar surface area (TPSA) is 18.5 Å². The molecule has 0 bridgehead atoms. The van der Waals surface area contributed by atoms with Crippen LogP contribution in [0.15, 0.2) is 12.3 Å². The molecule has 2 aliphatic carbocycles. The Kier molecular flexibility index (Phi) is 3.65. The molecular weight excluding hydrogens is 192 g/mol. The van der Waals surface area contributed by atoms with Gasteiger partial charge in [-0.2, -0.15) is 0 Å². The third kappa shape index (κ3) is 2.39. The Morgan fingerprint density at radius 3 is 2.29 bits per heavy atom. The molecule has 14 heavy (non-hydrogen) atoms. The van der Waals surface area contributed by atoms with Gasteiger partial charge in [0.25, 0.3) is 0 Å². The number of hydrogen-bond acceptors (Lipinski definition) is 2. The Bertz CT molecular complexity index is 197. The van der Waals surface area contributed by atoms with Gasteiger partial charge >= 0.3 is 9.28 Å². The Morgan fingerprint density at radius 2 is 1.86 bits per heavy atom. The van der Waals surface area contributed by atoms with Crippen LogP contribution in [0.3, 0.4) is 0 Å². The van der Waals surface area contributed by atoms with Gasteiger partial charge in [0.2, 0.25) is 0 Å². The zero-order valence-electron chi connectivity index (χ0n) is 8.87. The van der Waals surface area contributed by atoms with Crippen molar-refractivity contribution in [2.45, 2.75) is 44.1 Å². The lowest BCUT2D eigenvalue weighted by Gasteiger charge is -2.28. The van der Waals surface area contributed by atoms with Crippen molar-refractivity contribution >= 4 is 9.28 Å². The van der Waals surface area contributed by atoms with E-state index in [9.17, 15) is 0 Å². The smallest absolute Gasteiger partial charge is 0.460 e. The zero-order chi connectivity index (χ0) is 9.80. The lowest BCUT2D eigenvalue weighted by molar-refractivity contribution is 0.264. The van der Waals surface area contributed by atoms with Crippen LogP contribution in [0, 0.1) is 5.92 Å². The van der Waals surface area contributed by atoms with E-state index in [1.54, 1.807) is 7.11 Å². The molecule has 3 heteroatoms. The minimum absolute atomic E-state index is 0.732. The molecule has 0 amide bonds. The molecule has 2 nitrogen and oxygen atoms in total. The zero-order valence-corrected chi connectivity index (χ0v) is 9.87. The number of rotatable bonds is 5. The summed E-state index contributed by atoms with van der Waals surface area (Å²) in [6.45, 7) is 0. The van der Waals surface area contributed by atoms with Crippen molar-refractivity contribution in [1.29, 1.82) is 0 Å². The van der Waals surface area contributed by atoms with E-state index in [0.29, 0.717) is 0 Å². The first-order valence-corrected chi connectivity index (χ1v) is 7.03. The fourth-order valence-corrected chi connectivity index (χ4v) is 3.52. The monoisotopic (exact) mass is 211 g/mol. The molecule has 0 spiro atoms. The van der Waals surface area contributed by atoms with Gasteiger partial charge < -0.3 is 8.85 Å². The third-order valence-corrected chi connectivity index (χ3v) is 5.34. The average molecular weight is 211 g/mol. The van der Waals surface area contributed by atoms with Crippen LogP contribution in [-0.2, 0) is 8.85 Å². The minimum Gasteiger partial charge on any atom is -0.525 e. The number of allylic oxidation sites excluding steroid dienone is 1. The Hall–Kier alpha value is -0.283. The fourth-order valence-electron chi connectivity index (χ4n) is 1.80. The van der Waals surface area contributed by atoms with Gasteiger partial charge in [-0.25, -0.2) is 0 Å². The van der Waals surface area contributed by atoms with Gasteiger partial charge in [0.1, 0.15) is 0 Å². The molecule has 0 aromatic rings. The van der Waals surface area contributed by atoms with Gasteiger partial charge in [0.05, 0.1) is 6.26 Å². The molecule has 79 valence electrons. The van der Waals surface area contributed by atoms with Gasteiger partial charge in [-0.15, -0.1) is 0 Å². The maximum Gasteiger partial charge on any atom is 0.460 e. The summed E-state index contributed by atoms with van der Waals surface area (Å²) in [5, 5.41) is 0. The SMILES string of the molecule is CO[Si](OC=CC1CCC1)C1CCC1. The lowest BCUT2D eigenvalue weighted by atomic mass is 9.86. The highest BCUT2D eigenvalue weighted by atomic mass is 28.3. The van der Waals surface area contributed by atoms with Crippen molar-refractivity contribution < 1.29 is 8.85 Å². The van der Waals surface area contributed by atoms with Crippen LogP contribution in [0.25, 0.3) is 0 Å². The molecular formula is C11H19O2Si. The van der Waals surface area contributed by atoms with E-state index >= 15 is 0 Å². The van der Waals surface area contributed by atoms with Crippen molar-refractivity contribution in [3.8, 4) is 0 Å². The largest absolute Gasteiger partial charge is 0.525 e. The molecule has 2 saturated carbocycles. The maximum atomic E-state index is 5.70. The Balaban J connectivity index is 1.67. The van der Waals surface area contributed by atoms with Crippen LogP contribution >= 0.6 is 0 Å². The van der Waals surface area contributed by atoms with Gasteiger partial charge in [0.15, 0.2) is 0 Å². The Morgan fingerprint density at radius 1 is 1.14 bits per heavy atom. The summed E-state index contributed by atoms with van der Waals surface area (Å²) in [4.78, 5) is 0. The molecule has 0 aromatic heterocycles. The molecule has 0 aromatic carbocycles. The Labute approximate surface area is 88.1 Å². The van der Waals surface area contributed by atoms with Crippen LogP contribution in [0.4, 0.5) is 0 Å². The summed E-state index contributed by atoms with van der Waals surface area (Å²) >= 11 is 0. The van der Waals surface area contributed by atoms with E-state index in [4.69, 9.17) is 8.85 Å². The van der Waals surface area contributed by atoms with Crippen molar-refractivity contribution in [2.24, 2.45) is 5.92 Å². The van der Waals surface area contributed by atoms with Gasteiger partial charge in [-0.3, -0.25) is 0 Å². The first-order chi connectivity index (χ1) is 6.90. The van der Waals surface area contributed by atoms with E-state index in [2.05, 4.69) is 6.08 Å². The quantitative estimate of drug-likeness (QED) is 0.514. The summed E-state index contributed by atoms with van der Waals surface area (Å²) in [7, 11) is 0.789. The van der Waals surface area contributed by atoms with Crippen molar-refractivity contribution in [3.05, 3.63) is 12.3 Å². The van der Waals surface area contributed by atoms with E-state index in [1.807, 2.05) is 6.26 Å². The molecule has 0 unspecified atom stereocenters. The molecule has 2 aliphatic rings. The van der Waals surface area contributed by atoms with Crippen LogP contribution < -0.4 is 0 Å². The van der Waals surface area contributed by atoms with E-state index in [-0.39, 0.29) is 0 Å². The summed E-state index contributed by atoms with van der Waals surface area (Å²) < 4.78 is 11.1.